The molecule has 3 rings (SSSR count). The number of halogens is 2. The molecule has 3 aromatic carbocycles. The van der Waals surface area contributed by atoms with Gasteiger partial charge in [0.25, 0.3) is 11.8 Å². The van der Waals surface area contributed by atoms with Crippen LogP contribution < -0.4 is 15.5 Å². The smallest absolute Gasteiger partial charge is 0.277 e. The van der Waals surface area contributed by atoms with E-state index in [4.69, 9.17) is 27.9 Å². The average Bonchev–Trinajstić information content (AvgIpc) is 2.77. The summed E-state index contributed by atoms with van der Waals surface area (Å²) in [6.45, 7) is 1.62. The summed E-state index contributed by atoms with van der Waals surface area (Å²) in [6.07, 6.45) is 0. The van der Waals surface area contributed by atoms with Crippen molar-refractivity contribution >= 4 is 46.4 Å². The lowest BCUT2D eigenvalue weighted by molar-refractivity contribution is -0.123. The van der Waals surface area contributed by atoms with Crippen LogP contribution in [0.2, 0.25) is 10.0 Å². The number of amides is 2. The minimum Gasteiger partial charge on any atom is -0.484 e. The zero-order valence-electron chi connectivity index (χ0n) is 16.6. The van der Waals surface area contributed by atoms with Crippen molar-refractivity contribution in [3.05, 3.63) is 94.0 Å². The number of hydrogen-bond donors (Lipinski definition) is 2. The number of nitrogens with one attached hydrogen (secondary N) is 2. The maximum atomic E-state index is 12.4. The lowest BCUT2D eigenvalue weighted by Gasteiger charge is -2.08. The highest BCUT2D eigenvalue weighted by Crippen LogP contribution is 2.22. The Balaban J connectivity index is 1.54. The monoisotopic (exact) mass is 455 g/mol. The standard InChI is InChI=1S/C23H19Cl2N3O3/c1-15(27-28-22(29)14-31-19-5-3-2-4-6-19)16-7-10-18(11-8-16)26-23(30)20-12-9-17(24)13-21(20)25/h2-13H,14H2,1H3,(H,26,30)(H,28,29)/b27-15-. The van der Waals surface area contributed by atoms with E-state index in [2.05, 4.69) is 15.8 Å². The minimum absolute atomic E-state index is 0.140. The van der Waals surface area contributed by atoms with Crippen LogP contribution in [0.15, 0.2) is 77.9 Å². The van der Waals surface area contributed by atoms with Crippen LogP contribution in [0.1, 0.15) is 22.8 Å². The summed E-state index contributed by atoms with van der Waals surface area (Å²) in [5.74, 6) is -0.103. The number of hydrazone groups is 1. The van der Waals surface area contributed by atoms with Crippen molar-refractivity contribution in [3.8, 4) is 5.75 Å². The fourth-order valence-electron chi connectivity index (χ4n) is 2.58. The number of para-hydroxylation sites is 1. The molecular formula is C23H19Cl2N3O3. The molecule has 0 unspecified atom stereocenters. The summed E-state index contributed by atoms with van der Waals surface area (Å²) in [6, 6.07) is 20.8. The van der Waals surface area contributed by atoms with E-state index < -0.39 is 0 Å². The fraction of sp³-hybridized carbons (Fsp3) is 0.0870. The number of carbonyl (C=O) groups is 2. The molecule has 0 aliphatic carbocycles. The van der Waals surface area contributed by atoms with E-state index >= 15 is 0 Å². The van der Waals surface area contributed by atoms with Crippen LogP contribution in [0, 0.1) is 0 Å². The molecule has 0 saturated heterocycles. The van der Waals surface area contributed by atoms with E-state index in [0.717, 1.165) is 5.56 Å². The summed E-state index contributed by atoms with van der Waals surface area (Å²) in [5, 5.41) is 7.59. The first-order chi connectivity index (χ1) is 14.9. The molecular weight excluding hydrogens is 437 g/mol. The quantitative estimate of drug-likeness (QED) is 0.381. The van der Waals surface area contributed by atoms with Gasteiger partial charge in [-0.15, -0.1) is 0 Å². The van der Waals surface area contributed by atoms with Gasteiger partial charge in [-0.3, -0.25) is 9.59 Å². The molecule has 31 heavy (non-hydrogen) atoms. The van der Waals surface area contributed by atoms with Gasteiger partial charge in [0.2, 0.25) is 0 Å². The van der Waals surface area contributed by atoms with Gasteiger partial charge >= 0.3 is 0 Å². The normalized spacial score (nSPS) is 11.0. The summed E-state index contributed by atoms with van der Waals surface area (Å²) in [7, 11) is 0. The number of carbonyl (C=O) groups excluding carboxylic acids is 2. The van der Waals surface area contributed by atoms with E-state index in [0.29, 0.717) is 27.7 Å². The van der Waals surface area contributed by atoms with E-state index in [9.17, 15) is 9.59 Å². The number of hydrogen-bond acceptors (Lipinski definition) is 4. The van der Waals surface area contributed by atoms with E-state index in [1.54, 1.807) is 55.5 Å². The van der Waals surface area contributed by atoms with Crippen LogP contribution in [0.3, 0.4) is 0 Å². The lowest BCUT2D eigenvalue weighted by Crippen LogP contribution is -2.25. The van der Waals surface area contributed by atoms with Gasteiger partial charge in [0.15, 0.2) is 6.61 Å². The Hall–Kier alpha value is -3.35. The molecule has 0 aromatic heterocycles. The van der Waals surface area contributed by atoms with Crippen molar-refractivity contribution in [2.75, 3.05) is 11.9 Å². The van der Waals surface area contributed by atoms with Crippen molar-refractivity contribution < 1.29 is 14.3 Å². The van der Waals surface area contributed by atoms with Gasteiger partial charge in [-0.25, -0.2) is 5.43 Å². The van der Waals surface area contributed by atoms with Crippen LogP contribution in [0.5, 0.6) is 5.75 Å². The Labute approximate surface area is 189 Å². The van der Waals surface area contributed by atoms with Gasteiger partial charge in [-0.1, -0.05) is 53.5 Å². The fourth-order valence-corrected chi connectivity index (χ4v) is 3.07. The third-order valence-corrected chi connectivity index (χ3v) is 4.75. The number of benzene rings is 3. The Morgan fingerprint density at radius 2 is 1.68 bits per heavy atom. The molecule has 0 aliphatic heterocycles. The second kappa shape index (κ2) is 10.6. The molecule has 0 heterocycles. The van der Waals surface area contributed by atoms with Crippen molar-refractivity contribution in [1.29, 1.82) is 0 Å². The summed E-state index contributed by atoms with van der Waals surface area (Å²) < 4.78 is 5.37. The molecule has 0 saturated carbocycles. The maximum Gasteiger partial charge on any atom is 0.277 e. The topological polar surface area (TPSA) is 79.8 Å². The second-order valence-electron chi connectivity index (χ2n) is 6.49. The Morgan fingerprint density at radius 1 is 0.968 bits per heavy atom. The largest absolute Gasteiger partial charge is 0.484 e. The lowest BCUT2D eigenvalue weighted by atomic mass is 10.1. The number of nitrogens with zero attached hydrogens (tertiary/aromatic N) is 1. The molecule has 8 heteroatoms. The van der Waals surface area contributed by atoms with Crippen LogP contribution in [0.4, 0.5) is 5.69 Å². The number of rotatable bonds is 7. The van der Waals surface area contributed by atoms with E-state index in [-0.39, 0.29) is 23.4 Å². The Kier molecular flexibility index (Phi) is 7.65. The van der Waals surface area contributed by atoms with Gasteiger partial charge in [0, 0.05) is 10.7 Å². The Bertz CT molecular complexity index is 1100. The number of anilines is 1. The average molecular weight is 456 g/mol. The van der Waals surface area contributed by atoms with Crippen molar-refractivity contribution in [1.82, 2.24) is 5.43 Å². The molecule has 0 aliphatic rings. The number of ether oxygens (including phenoxy) is 1. The first kappa shape index (κ1) is 22.3. The molecule has 0 radical (unpaired) electrons. The predicted molar refractivity (Wildman–Crippen MR) is 123 cm³/mol. The zero-order valence-corrected chi connectivity index (χ0v) is 18.1. The molecule has 158 valence electrons. The second-order valence-corrected chi connectivity index (χ2v) is 7.33. The molecule has 0 spiro atoms. The molecule has 0 atom stereocenters. The summed E-state index contributed by atoms with van der Waals surface area (Å²) in [5.41, 5.74) is 4.76. The molecule has 2 amide bonds. The van der Waals surface area contributed by atoms with Crippen LogP contribution in [-0.2, 0) is 4.79 Å². The Morgan fingerprint density at radius 3 is 2.35 bits per heavy atom. The third kappa shape index (κ3) is 6.57. The van der Waals surface area contributed by atoms with Crippen molar-refractivity contribution in [2.45, 2.75) is 6.92 Å². The van der Waals surface area contributed by atoms with Gasteiger partial charge in [0.05, 0.1) is 16.3 Å². The predicted octanol–water partition coefficient (Wildman–Crippen LogP) is 5.16. The van der Waals surface area contributed by atoms with Crippen molar-refractivity contribution in [3.63, 3.8) is 0 Å². The molecule has 3 aromatic rings. The van der Waals surface area contributed by atoms with Crippen LogP contribution in [0.25, 0.3) is 0 Å². The van der Waals surface area contributed by atoms with Crippen LogP contribution in [-0.4, -0.2) is 24.1 Å². The molecule has 2 N–H and O–H groups in total. The highest BCUT2D eigenvalue weighted by atomic mass is 35.5. The molecule has 6 nitrogen and oxygen atoms in total. The van der Waals surface area contributed by atoms with Gasteiger partial charge in [-0.2, -0.15) is 5.10 Å². The first-order valence-electron chi connectivity index (χ1n) is 9.30. The highest BCUT2D eigenvalue weighted by molar-refractivity contribution is 6.37. The summed E-state index contributed by atoms with van der Waals surface area (Å²) in [4.78, 5) is 24.3. The third-order valence-electron chi connectivity index (χ3n) is 4.20. The first-order valence-corrected chi connectivity index (χ1v) is 10.1. The van der Waals surface area contributed by atoms with Gasteiger partial charge < -0.3 is 10.1 Å². The molecule has 0 bridgehead atoms. The van der Waals surface area contributed by atoms with E-state index in [1.807, 2.05) is 18.2 Å². The SMILES string of the molecule is C/C(=N/NC(=O)COc1ccccc1)c1ccc(NC(=O)c2ccc(Cl)cc2Cl)cc1. The zero-order chi connectivity index (χ0) is 22.2. The van der Waals surface area contributed by atoms with Gasteiger partial charge in [-0.05, 0) is 55.0 Å². The van der Waals surface area contributed by atoms with Crippen molar-refractivity contribution in [2.24, 2.45) is 5.10 Å². The maximum absolute atomic E-state index is 12.4. The van der Waals surface area contributed by atoms with E-state index in [1.165, 1.54) is 6.07 Å². The van der Waals surface area contributed by atoms with Crippen LogP contribution >= 0.6 is 23.2 Å². The highest BCUT2D eigenvalue weighted by Gasteiger charge is 2.11. The summed E-state index contributed by atoms with van der Waals surface area (Å²) >= 11 is 11.9. The van der Waals surface area contributed by atoms with Gasteiger partial charge in [0.1, 0.15) is 5.75 Å². The minimum atomic E-state index is -0.369. The molecule has 0 fully saturated rings.